The molecule has 2 aromatic carbocycles. The summed E-state index contributed by atoms with van der Waals surface area (Å²) in [6.07, 6.45) is 3.86. The summed E-state index contributed by atoms with van der Waals surface area (Å²) >= 11 is 6.12. The fourth-order valence-corrected chi connectivity index (χ4v) is 4.18. The predicted octanol–water partition coefficient (Wildman–Crippen LogP) is 4.69. The number of hydrogen-bond acceptors (Lipinski definition) is 6. The smallest absolute Gasteiger partial charge is 0.262 e. The van der Waals surface area contributed by atoms with E-state index in [1.54, 1.807) is 18.3 Å². The lowest BCUT2D eigenvalue weighted by Gasteiger charge is -2.14. The molecule has 1 heterocycles. The average Bonchev–Trinajstić information content (AvgIpc) is 3.45. The van der Waals surface area contributed by atoms with E-state index >= 15 is 0 Å². The first-order chi connectivity index (χ1) is 13.9. The molecule has 0 spiro atoms. The molecule has 3 aromatic rings. The van der Waals surface area contributed by atoms with Crippen molar-refractivity contribution in [2.45, 2.75) is 23.7 Å². The van der Waals surface area contributed by atoms with Crippen LogP contribution in [0.1, 0.15) is 24.7 Å². The molecule has 4 rings (SSSR count). The van der Waals surface area contributed by atoms with Gasteiger partial charge in [0, 0.05) is 17.5 Å². The second-order valence-electron chi connectivity index (χ2n) is 6.65. The maximum atomic E-state index is 12.8. The van der Waals surface area contributed by atoms with Gasteiger partial charge in [-0.15, -0.1) is 0 Å². The number of halogens is 1. The van der Waals surface area contributed by atoms with E-state index in [1.807, 2.05) is 0 Å². The number of hydrogen-bond donors (Lipinski definition) is 1. The minimum absolute atomic E-state index is 0.0946. The molecule has 7 nitrogen and oxygen atoms in total. The molecule has 0 aliphatic heterocycles. The van der Waals surface area contributed by atoms with Crippen LogP contribution in [0.25, 0.3) is 11.3 Å². The average molecular weight is 435 g/mol. The Bertz CT molecular complexity index is 1140. The second kappa shape index (κ2) is 7.61. The monoisotopic (exact) mass is 434 g/mol. The summed E-state index contributed by atoms with van der Waals surface area (Å²) in [5.41, 5.74) is 0.972. The first kappa shape index (κ1) is 19.6. The van der Waals surface area contributed by atoms with E-state index in [9.17, 15) is 8.42 Å². The Hall–Kier alpha value is -2.71. The highest BCUT2D eigenvalue weighted by molar-refractivity contribution is 7.92. The van der Waals surface area contributed by atoms with Crippen LogP contribution in [0.15, 0.2) is 51.9 Å². The highest BCUT2D eigenvalue weighted by Gasteiger charge is 2.28. The van der Waals surface area contributed by atoms with Gasteiger partial charge in [-0.05, 0) is 43.2 Å². The van der Waals surface area contributed by atoms with Gasteiger partial charge in [-0.3, -0.25) is 4.72 Å². The maximum Gasteiger partial charge on any atom is 0.262 e. The van der Waals surface area contributed by atoms with Crippen LogP contribution in [-0.2, 0) is 10.0 Å². The van der Waals surface area contributed by atoms with Crippen LogP contribution in [-0.4, -0.2) is 27.6 Å². The summed E-state index contributed by atoms with van der Waals surface area (Å²) in [4.78, 5) is 4.38. The van der Waals surface area contributed by atoms with Crippen molar-refractivity contribution in [3.8, 4) is 22.8 Å². The van der Waals surface area contributed by atoms with Crippen molar-refractivity contribution in [2.24, 2.45) is 0 Å². The van der Waals surface area contributed by atoms with Crippen LogP contribution in [0.2, 0.25) is 5.02 Å². The molecule has 0 radical (unpaired) electrons. The standard InChI is InChI=1S/C20H19ClN2O5S/c1-26-17-10-18(27-2)16(9-15(17)21)23-29(24,25)14-7-5-12(6-8-14)19-11-22-20(28-19)13-3-4-13/h5-11,13,23H,3-4H2,1-2H3. The molecule has 0 bridgehead atoms. The number of ether oxygens (including phenoxy) is 2. The van der Waals surface area contributed by atoms with Crippen molar-refractivity contribution in [3.63, 3.8) is 0 Å². The van der Waals surface area contributed by atoms with Gasteiger partial charge >= 0.3 is 0 Å². The van der Waals surface area contributed by atoms with Crippen molar-refractivity contribution < 1.29 is 22.3 Å². The number of oxazole rings is 1. The van der Waals surface area contributed by atoms with E-state index in [4.69, 9.17) is 25.5 Å². The number of methoxy groups -OCH3 is 2. The number of aromatic nitrogens is 1. The molecule has 1 aliphatic rings. The van der Waals surface area contributed by atoms with Crippen molar-refractivity contribution in [3.05, 3.63) is 53.5 Å². The van der Waals surface area contributed by atoms with Crippen LogP contribution in [0.5, 0.6) is 11.5 Å². The Kier molecular flexibility index (Phi) is 5.14. The van der Waals surface area contributed by atoms with Gasteiger partial charge in [-0.25, -0.2) is 13.4 Å². The van der Waals surface area contributed by atoms with Gasteiger partial charge in [0.25, 0.3) is 10.0 Å². The SMILES string of the molecule is COc1cc(OC)c(NS(=O)(=O)c2ccc(-c3cnc(C4CC4)o3)cc2)cc1Cl. The van der Waals surface area contributed by atoms with E-state index in [0.29, 0.717) is 23.2 Å². The molecular formula is C20H19ClN2O5S. The molecule has 9 heteroatoms. The van der Waals surface area contributed by atoms with Crippen LogP contribution in [0, 0.1) is 0 Å². The van der Waals surface area contributed by atoms with Crippen molar-refractivity contribution in [1.82, 2.24) is 4.98 Å². The van der Waals surface area contributed by atoms with E-state index in [2.05, 4.69) is 9.71 Å². The van der Waals surface area contributed by atoms with Crippen molar-refractivity contribution in [1.29, 1.82) is 0 Å². The van der Waals surface area contributed by atoms with Crippen molar-refractivity contribution in [2.75, 3.05) is 18.9 Å². The number of benzene rings is 2. The Labute approximate surface area is 173 Å². The summed E-state index contributed by atoms with van der Waals surface area (Å²) in [5, 5.41) is 0.262. The molecule has 1 N–H and O–H groups in total. The zero-order valence-electron chi connectivity index (χ0n) is 15.8. The first-order valence-corrected chi connectivity index (χ1v) is 10.8. The Morgan fingerprint density at radius 3 is 2.41 bits per heavy atom. The van der Waals surface area contributed by atoms with E-state index in [0.717, 1.165) is 24.3 Å². The van der Waals surface area contributed by atoms with Crippen LogP contribution in [0.3, 0.4) is 0 Å². The summed E-state index contributed by atoms with van der Waals surface area (Å²) in [5.74, 6) is 2.45. The molecule has 0 saturated heterocycles. The number of nitrogens with one attached hydrogen (secondary N) is 1. The van der Waals surface area contributed by atoms with Gasteiger partial charge < -0.3 is 13.9 Å². The Balaban J connectivity index is 1.58. The highest BCUT2D eigenvalue weighted by Crippen LogP contribution is 2.41. The summed E-state index contributed by atoms with van der Waals surface area (Å²) in [7, 11) is -0.956. The summed E-state index contributed by atoms with van der Waals surface area (Å²) in [6.45, 7) is 0. The molecule has 29 heavy (non-hydrogen) atoms. The lowest BCUT2D eigenvalue weighted by Crippen LogP contribution is -2.13. The Morgan fingerprint density at radius 2 is 1.79 bits per heavy atom. The minimum Gasteiger partial charge on any atom is -0.495 e. The zero-order chi connectivity index (χ0) is 20.6. The molecular weight excluding hydrogens is 416 g/mol. The molecule has 152 valence electrons. The lowest BCUT2D eigenvalue weighted by atomic mass is 10.2. The summed E-state index contributed by atoms with van der Waals surface area (Å²) in [6, 6.07) is 9.35. The fourth-order valence-electron chi connectivity index (χ4n) is 2.88. The third kappa shape index (κ3) is 4.04. The highest BCUT2D eigenvalue weighted by atomic mass is 35.5. The molecule has 1 aromatic heterocycles. The van der Waals surface area contributed by atoms with Gasteiger partial charge in [0.1, 0.15) is 11.5 Å². The third-order valence-corrected chi connectivity index (χ3v) is 6.29. The molecule has 1 fully saturated rings. The second-order valence-corrected chi connectivity index (χ2v) is 8.74. The minimum atomic E-state index is -3.86. The quantitative estimate of drug-likeness (QED) is 0.580. The zero-order valence-corrected chi connectivity index (χ0v) is 17.4. The van der Waals surface area contributed by atoms with Gasteiger partial charge in [0.15, 0.2) is 11.7 Å². The number of rotatable bonds is 7. The molecule has 0 amide bonds. The topological polar surface area (TPSA) is 90.7 Å². The number of nitrogens with zero attached hydrogens (tertiary/aromatic N) is 1. The van der Waals surface area contributed by atoms with Gasteiger partial charge in [0.2, 0.25) is 0 Å². The lowest BCUT2D eigenvalue weighted by molar-refractivity contribution is 0.396. The normalized spacial score (nSPS) is 13.9. The maximum absolute atomic E-state index is 12.8. The fraction of sp³-hybridized carbons (Fsp3) is 0.250. The van der Waals surface area contributed by atoms with Crippen LogP contribution >= 0.6 is 11.6 Å². The van der Waals surface area contributed by atoms with Crippen LogP contribution < -0.4 is 14.2 Å². The molecule has 0 unspecified atom stereocenters. The third-order valence-electron chi connectivity index (χ3n) is 4.62. The van der Waals surface area contributed by atoms with Crippen molar-refractivity contribution >= 4 is 27.3 Å². The number of anilines is 1. The van der Waals surface area contributed by atoms with Gasteiger partial charge in [-0.2, -0.15) is 0 Å². The van der Waals surface area contributed by atoms with E-state index in [1.165, 1.54) is 38.5 Å². The number of sulfonamides is 1. The Morgan fingerprint density at radius 1 is 1.10 bits per heavy atom. The van der Waals surface area contributed by atoms with Gasteiger partial charge in [-0.1, -0.05) is 11.6 Å². The summed E-state index contributed by atoms with van der Waals surface area (Å²) < 4.78 is 44.3. The van der Waals surface area contributed by atoms with Gasteiger partial charge in [0.05, 0.1) is 36.0 Å². The van der Waals surface area contributed by atoms with E-state index < -0.39 is 10.0 Å². The van der Waals surface area contributed by atoms with E-state index in [-0.39, 0.29) is 15.6 Å². The molecule has 0 atom stereocenters. The first-order valence-electron chi connectivity index (χ1n) is 8.92. The van der Waals surface area contributed by atoms with Crippen LogP contribution in [0.4, 0.5) is 5.69 Å². The predicted molar refractivity (Wildman–Crippen MR) is 109 cm³/mol. The largest absolute Gasteiger partial charge is 0.495 e. The molecule has 1 aliphatic carbocycles. The molecule has 1 saturated carbocycles.